The molecule has 2 atom stereocenters. The molecule has 0 radical (unpaired) electrons. The van der Waals surface area contributed by atoms with Crippen LogP contribution < -0.4 is 0 Å². The number of hydrogen-bond donors (Lipinski definition) is 1. The first kappa shape index (κ1) is 13.0. The summed E-state index contributed by atoms with van der Waals surface area (Å²) >= 11 is 0. The molecule has 0 unspecified atom stereocenters. The number of carbonyl (C=O) groups excluding carboxylic acids is 2. The Bertz CT molecular complexity index is 304. The smallest absolute Gasteiger partial charge is 0.315 e. The van der Waals surface area contributed by atoms with E-state index in [4.69, 9.17) is 4.74 Å². The summed E-state index contributed by atoms with van der Waals surface area (Å²) in [5.74, 6) is -1.57. The Labute approximate surface area is 94.7 Å². The molecular formula is C11H18O5. The summed E-state index contributed by atoms with van der Waals surface area (Å²) in [5, 5.41) is 9.23. The molecular weight excluding hydrogens is 212 g/mol. The van der Waals surface area contributed by atoms with Crippen LogP contribution in [-0.2, 0) is 19.1 Å². The first-order chi connectivity index (χ1) is 7.27. The highest BCUT2D eigenvalue weighted by molar-refractivity contribution is 5.91. The van der Waals surface area contributed by atoms with Crippen LogP contribution >= 0.6 is 0 Å². The summed E-state index contributed by atoms with van der Waals surface area (Å²) in [6.07, 6.45) is 0.297. The van der Waals surface area contributed by atoms with Crippen LogP contribution in [0.15, 0.2) is 0 Å². The van der Waals surface area contributed by atoms with Gasteiger partial charge >= 0.3 is 11.9 Å². The van der Waals surface area contributed by atoms with Crippen molar-refractivity contribution in [3.8, 4) is 0 Å². The molecule has 16 heavy (non-hydrogen) atoms. The quantitative estimate of drug-likeness (QED) is 0.715. The molecule has 5 heteroatoms. The molecule has 5 nitrogen and oxygen atoms in total. The summed E-state index contributed by atoms with van der Waals surface area (Å²) in [7, 11) is 1.26. The molecule has 92 valence electrons. The van der Waals surface area contributed by atoms with Gasteiger partial charge in [-0.15, -0.1) is 0 Å². The first-order valence-electron chi connectivity index (χ1n) is 5.19. The predicted molar refractivity (Wildman–Crippen MR) is 55.5 cm³/mol. The lowest BCUT2D eigenvalue weighted by Crippen LogP contribution is -2.34. The zero-order valence-corrected chi connectivity index (χ0v) is 10.1. The standard InChI is InChI=1S/C11H18O5/c1-10(2,3)16-9(14)11(6-12)5-7(11)8(13)15-4/h7,12H,5-6H2,1-4H3/t7-,11+/m1/s1. The van der Waals surface area contributed by atoms with Crippen molar-refractivity contribution < 1.29 is 24.2 Å². The molecule has 0 aromatic rings. The Hall–Kier alpha value is -1.10. The number of ether oxygens (including phenoxy) is 2. The largest absolute Gasteiger partial charge is 0.469 e. The van der Waals surface area contributed by atoms with Crippen LogP contribution in [0.5, 0.6) is 0 Å². The Morgan fingerprint density at radius 3 is 2.38 bits per heavy atom. The van der Waals surface area contributed by atoms with Gasteiger partial charge in [-0.3, -0.25) is 9.59 Å². The zero-order chi connectivity index (χ0) is 12.6. The number of esters is 2. The van der Waals surface area contributed by atoms with E-state index >= 15 is 0 Å². The van der Waals surface area contributed by atoms with Crippen LogP contribution in [-0.4, -0.2) is 36.4 Å². The number of methoxy groups -OCH3 is 1. The van der Waals surface area contributed by atoms with Gasteiger partial charge in [-0.05, 0) is 27.2 Å². The second-order valence-electron chi connectivity index (χ2n) is 5.10. The minimum atomic E-state index is -1.08. The number of aliphatic hydroxyl groups excluding tert-OH is 1. The second kappa shape index (κ2) is 4.05. The molecule has 1 rings (SSSR count). The molecule has 0 aromatic heterocycles. The number of hydrogen-bond acceptors (Lipinski definition) is 5. The van der Waals surface area contributed by atoms with Crippen LogP contribution in [0.25, 0.3) is 0 Å². The summed E-state index contributed by atoms with van der Waals surface area (Å²) < 4.78 is 9.73. The highest BCUT2D eigenvalue weighted by Crippen LogP contribution is 2.54. The minimum Gasteiger partial charge on any atom is -0.469 e. The summed E-state index contributed by atoms with van der Waals surface area (Å²) in [6, 6.07) is 0. The molecule has 0 saturated heterocycles. The highest BCUT2D eigenvalue weighted by atomic mass is 16.6. The molecule has 1 aliphatic rings. The monoisotopic (exact) mass is 230 g/mol. The van der Waals surface area contributed by atoms with Crippen molar-refractivity contribution in [1.29, 1.82) is 0 Å². The minimum absolute atomic E-state index is 0.297. The molecule has 0 heterocycles. The zero-order valence-electron chi connectivity index (χ0n) is 10.1. The molecule has 0 amide bonds. The third kappa shape index (κ3) is 2.35. The Kier molecular flexibility index (Phi) is 3.28. The summed E-state index contributed by atoms with van der Waals surface area (Å²) in [4.78, 5) is 23.1. The fourth-order valence-corrected chi connectivity index (χ4v) is 1.60. The molecule has 1 fully saturated rings. The van der Waals surface area contributed by atoms with Crippen molar-refractivity contribution in [2.45, 2.75) is 32.8 Å². The molecule has 1 saturated carbocycles. The molecule has 1 N–H and O–H groups in total. The molecule has 1 aliphatic carbocycles. The van der Waals surface area contributed by atoms with E-state index in [2.05, 4.69) is 4.74 Å². The van der Waals surface area contributed by atoms with E-state index in [1.54, 1.807) is 20.8 Å². The van der Waals surface area contributed by atoms with Crippen molar-refractivity contribution >= 4 is 11.9 Å². The first-order valence-corrected chi connectivity index (χ1v) is 5.19. The SMILES string of the molecule is COC(=O)[C@H]1C[C@@]1(CO)C(=O)OC(C)(C)C. The number of aliphatic hydroxyl groups is 1. The topological polar surface area (TPSA) is 72.8 Å². The van der Waals surface area contributed by atoms with Gasteiger partial charge in [-0.1, -0.05) is 0 Å². The lowest BCUT2D eigenvalue weighted by atomic mass is 10.0. The summed E-state index contributed by atoms with van der Waals surface area (Å²) in [5.41, 5.74) is -1.71. The van der Waals surface area contributed by atoms with E-state index in [9.17, 15) is 14.7 Å². The summed E-state index contributed by atoms with van der Waals surface area (Å²) in [6.45, 7) is 4.84. The van der Waals surface area contributed by atoms with E-state index in [0.717, 1.165) is 0 Å². The van der Waals surface area contributed by atoms with Crippen molar-refractivity contribution in [1.82, 2.24) is 0 Å². The Morgan fingerprint density at radius 1 is 1.44 bits per heavy atom. The van der Waals surface area contributed by atoms with Crippen LogP contribution in [0.4, 0.5) is 0 Å². The predicted octanol–water partition coefficient (Wildman–Crippen LogP) is 0.500. The van der Waals surface area contributed by atoms with Crippen LogP contribution in [0.1, 0.15) is 27.2 Å². The molecule has 0 aliphatic heterocycles. The lowest BCUT2D eigenvalue weighted by Gasteiger charge is -2.23. The van der Waals surface area contributed by atoms with E-state index in [1.165, 1.54) is 7.11 Å². The third-order valence-corrected chi connectivity index (χ3v) is 2.65. The Morgan fingerprint density at radius 2 is 2.00 bits per heavy atom. The maximum absolute atomic E-state index is 11.8. The van der Waals surface area contributed by atoms with E-state index < -0.39 is 28.9 Å². The van der Waals surface area contributed by atoms with Gasteiger partial charge in [-0.2, -0.15) is 0 Å². The van der Waals surface area contributed by atoms with Crippen molar-refractivity contribution in [2.75, 3.05) is 13.7 Å². The third-order valence-electron chi connectivity index (χ3n) is 2.65. The highest BCUT2D eigenvalue weighted by Gasteiger charge is 2.65. The fourth-order valence-electron chi connectivity index (χ4n) is 1.60. The van der Waals surface area contributed by atoms with Crippen LogP contribution in [0, 0.1) is 11.3 Å². The average Bonchev–Trinajstić information content (AvgIpc) is 2.90. The lowest BCUT2D eigenvalue weighted by molar-refractivity contribution is -0.166. The Balaban J connectivity index is 2.71. The molecule has 0 aromatic carbocycles. The average molecular weight is 230 g/mol. The van der Waals surface area contributed by atoms with Crippen molar-refractivity contribution in [3.05, 3.63) is 0 Å². The van der Waals surface area contributed by atoms with Gasteiger partial charge < -0.3 is 14.6 Å². The van der Waals surface area contributed by atoms with Gasteiger partial charge in [-0.25, -0.2) is 0 Å². The second-order valence-corrected chi connectivity index (χ2v) is 5.10. The number of carbonyl (C=O) groups is 2. The van der Waals surface area contributed by atoms with E-state index in [0.29, 0.717) is 6.42 Å². The van der Waals surface area contributed by atoms with Gasteiger partial charge in [0.25, 0.3) is 0 Å². The van der Waals surface area contributed by atoms with Gasteiger partial charge in [0.1, 0.15) is 11.0 Å². The molecule has 0 bridgehead atoms. The van der Waals surface area contributed by atoms with Crippen molar-refractivity contribution in [3.63, 3.8) is 0 Å². The normalized spacial score (nSPS) is 28.4. The molecule has 0 spiro atoms. The van der Waals surface area contributed by atoms with Crippen LogP contribution in [0.2, 0.25) is 0 Å². The van der Waals surface area contributed by atoms with Gasteiger partial charge in [0.05, 0.1) is 19.6 Å². The van der Waals surface area contributed by atoms with E-state index in [1.807, 2.05) is 0 Å². The van der Waals surface area contributed by atoms with Gasteiger partial charge in [0, 0.05) is 0 Å². The van der Waals surface area contributed by atoms with Gasteiger partial charge in [0.2, 0.25) is 0 Å². The van der Waals surface area contributed by atoms with Crippen LogP contribution in [0.3, 0.4) is 0 Å². The van der Waals surface area contributed by atoms with Crippen molar-refractivity contribution in [2.24, 2.45) is 11.3 Å². The van der Waals surface area contributed by atoms with Gasteiger partial charge in [0.15, 0.2) is 0 Å². The van der Waals surface area contributed by atoms with E-state index in [-0.39, 0.29) is 6.61 Å². The maximum atomic E-state index is 11.8. The maximum Gasteiger partial charge on any atom is 0.315 e. The number of rotatable bonds is 3. The fraction of sp³-hybridized carbons (Fsp3) is 0.818.